The van der Waals surface area contributed by atoms with Crippen molar-refractivity contribution in [1.82, 2.24) is 5.32 Å². The van der Waals surface area contributed by atoms with Gasteiger partial charge in [0.1, 0.15) is 0 Å². The molecular formula is C22H26N2O5S2. The number of hydrogen-bond acceptors (Lipinski definition) is 6. The number of hydrogen-bond donors (Lipinski definition) is 1. The van der Waals surface area contributed by atoms with E-state index in [1.54, 1.807) is 24.3 Å². The Labute approximate surface area is 186 Å². The molecule has 0 saturated carbocycles. The summed E-state index contributed by atoms with van der Waals surface area (Å²) in [6.07, 6.45) is 0. The summed E-state index contributed by atoms with van der Waals surface area (Å²) < 4.78 is 38.9. The molecule has 0 aliphatic heterocycles. The summed E-state index contributed by atoms with van der Waals surface area (Å²) in [7, 11) is 0.619. The zero-order chi connectivity index (χ0) is 22.8. The molecule has 2 aromatic carbocycles. The van der Waals surface area contributed by atoms with Gasteiger partial charge in [0.05, 0.1) is 29.7 Å². The minimum absolute atomic E-state index is 0.0896. The SMILES string of the molecule is COc1ccc(S(=O)(=O)N(C)c2ccc3sc(C(=O)NCC(C)C)cc3c2)cc1OC. The molecule has 3 aromatic rings. The van der Waals surface area contributed by atoms with Crippen molar-refractivity contribution in [3.05, 3.63) is 47.3 Å². The molecule has 3 rings (SSSR count). The third-order valence-corrected chi connectivity index (χ3v) is 7.67. The van der Waals surface area contributed by atoms with Crippen molar-refractivity contribution < 1.29 is 22.7 Å². The van der Waals surface area contributed by atoms with Gasteiger partial charge in [0.2, 0.25) is 0 Å². The summed E-state index contributed by atoms with van der Waals surface area (Å²) in [6.45, 7) is 4.67. The second kappa shape index (κ2) is 9.15. The van der Waals surface area contributed by atoms with Gasteiger partial charge in [0.25, 0.3) is 15.9 Å². The number of benzene rings is 2. The quantitative estimate of drug-likeness (QED) is 0.544. The highest BCUT2D eigenvalue weighted by Gasteiger charge is 2.23. The van der Waals surface area contributed by atoms with Gasteiger partial charge in [-0.1, -0.05) is 13.8 Å². The number of carbonyl (C=O) groups excluding carboxylic acids is 1. The topological polar surface area (TPSA) is 84.9 Å². The maximum atomic E-state index is 13.2. The van der Waals surface area contributed by atoms with Crippen LogP contribution in [0, 0.1) is 5.92 Å². The summed E-state index contributed by atoms with van der Waals surface area (Å²) in [4.78, 5) is 13.1. The normalized spacial score (nSPS) is 11.5. The van der Waals surface area contributed by atoms with E-state index in [4.69, 9.17) is 9.47 Å². The minimum Gasteiger partial charge on any atom is -0.493 e. The van der Waals surface area contributed by atoms with Crippen LogP contribution in [-0.2, 0) is 10.0 Å². The lowest BCUT2D eigenvalue weighted by molar-refractivity contribution is 0.0953. The fourth-order valence-corrected chi connectivity index (χ4v) is 5.16. The predicted molar refractivity (Wildman–Crippen MR) is 124 cm³/mol. The molecule has 0 bridgehead atoms. The number of carbonyl (C=O) groups is 1. The number of anilines is 1. The number of nitrogens with zero attached hydrogens (tertiary/aromatic N) is 1. The zero-order valence-corrected chi connectivity index (χ0v) is 19.8. The summed E-state index contributed by atoms with van der Waals surface area (Å²) >= 11 is 1.38. The average Bonchev–Trinajstić information content (AvgIpc) is 3.19. The molecule has 166 valence electrons. The van der Waals surface area contributed by atoms with Gasteiger partial charge in [-0.2, -0.15) is 0 Å². The molecule has 0 spiro atoms. The van der Waals surface area contributed by atoms with Crippen LogP contribution in [0.25, 0.3) is 10.1 Å². The van der Waals surface area contributed by atoms with E-state index in [2.05, 4.69) is 5.32 Å². The monoisotopic (exact) mass is 462 g/mol. The van der Waals surface area contributed by atoms with E-state index in [0.717, 1.165) is 10.1 Å². The molecule has 1 N–H and O–H groups in total. The van der Waals surface area contributed by atoms with E-state index in [1.807, 2.05) is 19.9 Å². The van der Waals surface area contributed by atoms with Crippen molar-refractivity contribution in [3.63, 3.8) is 0 Å². The van der Waals surface area contributed by atoms with Crippen molar-refractivity contribution in [3.8, 4) is 11.5 Å². The van der Waals surface area contributed by atoms with Crippen molar-refractivity contribution >= 4 is 43.0 Å². The molecular weight excluding hydrogens is 436 g/mol. The molecule has 0 unspecified atom stereocenters. The lowest BCUT2D eigenvalue weighted by Gasteiger charge is -2.20. The van der Waals surface area contributed by atoms with Crippen LogP contribution < -0.4 is 19.1 Å². The van der Waals surface area contributed by atoms with Gasteiger partial charge in [-0.25, -0.2) is 8.42 Å². The largest absolute Gasteiger partial charge is 0.493 e. The lowest BCUT2D eigenvalue weighted by atomic mass is 10.2. The lowest BCUT2D eigenvalue weighted by Crippen LogP contribution is -2.26. The van der Waals surface area contributed by atoms with Gasteiger partial charge in [0.15, 0.2) is 11.5 Å². The Morgan fingerprint density at radius 3 is 2.42 bits per heavy atom. The molecule has 0 aliphatic carbocycles. The molecule has 0 atom stereocenters. The number of nitrogens with one attached hydrogen (secondary N) is 1. The first-order valence-electron chi connectivity index (χ1n) is 9.70. The fourth-order valence-electron chi connectivity index (χ4n) is 3.00. The van der Waals surface area contributed by atoms with Crippen LogP contribution in [0.1, 0.15) is 23.5 Å². The van der Waals surface area contributed by atoms with Gasteiger partial charge in [-0.05, 0) is 47.7 Å². The Kier molecular flexibility index (Phi) is 6.76. The van der Waals surface area contributed by atoms with E-state index < -0.39 is 10.0 Å². The highest BCUT2D eigenvalue weighted by Crippen LogP contribution is 2.34. The number of sulfonamides is 1. The van der Waals surface area contributed by atoms with Crippen LogP contribution in [0.2, 0.25) is 0 Å². The van der Waals surface area contributed by atoms with Crippen LogP contribution >= 0.6 is 11.3 Å². The first-order chi connectivity index (χ1) is 14.7. The standard InChI is InChI=1S/C22H26N2O5S2/c1-14(2)13-23-22(25)21-11-15-10-16(6-9-20(15)30-21)24(3)31(26,27)17-7-8-18(28-4)19(12-17)29-5/h6-12,14H,13H2,1-5H3,(H,23,25). The van der Waals surface area contributed by atoms with Gasteiger partial charge in [-0.15, -0.1) is 11.3 Å². The summed E-state index contributed by atoms with van der Waals surface area (Å²) in [5.74, 6) is 1.03. The second-order valence-corrected chi connectivity index (χ2v) is 10.5. The Morgan fingerprint density at radius 1 is 1.06 bits per heavy atom. The number of amides is 1. The number of methoxy groups -OCH3 is 2. The first-order valence-corrected chi connectivity index (χ1v) is 12.0. The van der Waals surface area contributed by atoms with E-state index in [-0.39, 0.29) is 10.8 Å². The maximum Gasteiger partial charge on any atom is 0.264 e. The first kappa shape index (κ1) is 22.9. The predicted octanol–water partition coefficient (Wildman–Crippen LogP) is 4.13. The van der Waals surface area contributed by atoms with E-state index in [0.29, 0.717) is 34.5 Å². The second-order valence-electron chi connectivity index (χ2n) is 7.43. The number of fused-ring (bicyclic) bond motifs is 1. The molecule has 0 radical (unpaired) electrons. The molecule has 0 fully saturated rings. The third-order valence-electron chi connectivity index (χ3n) is 4.77. The van der Waals surface area contributed by atoms with Crippen LogP contribution in [0.5, 0.6) is 11.5 Å². The van der Waals surface area contributed by atoms with Crippen molar-refractivity contribution in [1.29, 1.82) is 0 Å². The highest BCUT2D eigenvalue weighted by molar-refractivity contribution is 7.92. The van der Waals surface area contributed by atoms with E-state index in [1.165, 1.54) is 49.0 Å². The van der Waals surface area contributed by atoms with Crippen LogP contribution in [-0.4, -0.2) is 42.1 Å². The molecule has 9 heteroatoms. The van der Waals surface area contributed by atoms with Gasteiger partial charge in [0, 0.05) is 24.4 Å². The van der Waals surface area contributed by atoms with Crippen molar-refractivity contribution in [2.75, 3.05) is 32.1 Å². The van der Waals surface area contributed by atoms with Crippen LogP contribution in [0.3, 0.4) is 0 Å². The van der Waals surface area contributed by atoms with E-state index in [9.17, 15) is 13.2 Å². The molecule has 31 heavy (non-hydrogen) atoms. The van der Waals surface area contributed by atoms with Crippen molar-refractivity contribution in [2.24, 2.45) is 5.92 Å². The molecule has 1 aromatic heterocycles. The molecule has 0 aliphatic rings. The van der Waals surface area contributed by atoms with Crippen molar-refractivity contribution in [2.45, 2.75) is 18.7 Å². The molecule has 0 saturated heterocycles. The molecule has 1 amide bonds. The van der Waals surface area contributed by atoms with Gasteiger partial charge in [-0.3, -0.25) is 9.10 Å². The third kappa shape index (κ3) is 4.77. The van der Waals surface area contributed by atoms with E-state index >= 15 is 0 Å². The Balaban J connectivity index is 1.91. The summed E-state index contributed by atoms with van der Waals surface area (Å²) in [5, 5.41) is 3.72. The molecule has 1 heterocycles. The maximum absolute atomic E-state index is 13.2. The average molecular weight is 463 g/mol. The van der Waals surface area contributed by atoms with Gasteiger partial charge >= 0.3 is 0 Å². The Bertz CT molecular complexity index is 1200. The Hall–Kier alpha value is -2.78. The van der Waals surface area contributed by atoms with Gasteiger partial charge < -0.3 is 14.8 Å². The number of ether oxygens (including phenoxy) is 2. The minimum atomic E-state index is -3.82. The smallest absolute Gasteiger partial charge is 0.264 e. The highest BCUT2D eigenvalue weighted by atomic mass is 32.2. The zero-order valence-electron chi connectivity index (χ0n) is 18.1. The number of rotatable bonds is 8. The van der Waals surface area contributed by atoms with Crippen LogP contribution in [0.15, 0.2) is 47.4 Å². The number of thiophene rings is 1. The van der Waals surface area contributed by atoms with Crippen LogP contribution in [0.4, 0.5) is 5.69 Å². The fraction of sp³-hybridized carbons (Fsp3) is 0.318. The summed E-state index contributed by atoms with van der Waals surface area (Å²) in [5.41, 5.74) is 0.495. The molecule has 7 nitrogen and oxygen atoms in total. The summed E-state index contributed by atoms with van der Waals surface area (Å²) in [6, 6.07) is 11.6. The Morgan fingerprint density at radius 2 is 1.77 bits per heavy atom.